The average molecular weight is 380 g/mol. The lowest BCUT2D eigenvalue weighted by Gasteiger charge is -2.27. The van der Waals surface area contributed by atoms with Crippen LogP contribution in [0.25, 0.3) is 0 Å². The molecule has 1 aliphatic heterocycles. The Bertz CT molecular complexity index is 906. The fourth-order valence-electron chi connectivity index (χ4n) is 3.43. The molecule has 1 amide bonds. The normalized spacial score (nSPS) is 16.8. The second-order valence-corrected chi connectivity index (χ2v) is 7.25. The number of carbonyl (C=O) groups excluding carboxylic acids is 2. The summed E-state index contributed by atoms with van der Waals surface area (Å²) in [5.41, 5.74) is 1.74. The summed E-state index contributed by atoms with van der Waals surface area (Å²) in [6.07, 6.45) is 3.55. The van der Waals surface area contributed by atoms with Gasteiger partial charge in [-0.15, -0.1) is 0 Å². The predicted molar refractivity (Wildman–Crippen MR) is 105 cm³/mol. The van der Waals surface area contributed by atoms with E-state index in [1.807, 2.05) is 26.0 Å². The van der Waals surface area contributed by atoms with Crippen LogP contribution < -0.4 is 4.74 Å². The first kappa shape index (κ1) is 19.6. The second kappa shape index (κ2) is 8.25. The maximum Gasteiger partial charge on any atom is 0.290 e. The van der Waals surface area contributed by atoms with Crippen molar-refractivity contribution in [1.82, 2.24) is 9.88 Å². The van der Waals surface area contributed by atoms with Crippen molar-refractivity contribution in [2.24, 2.45) is 5.92 Å². The molecule has 0 spiro atoms. The summed E-state index contributed by atoms with van der Waals surface area (Å²) in [5.74, 6) is -0.492. The second-order valence-electron chi connectivity index (χ2n) is 7.25. The Morgan fingerprint density at radius 1 is 1.25 bits per heavy atom. The maximum atomic E-state index is 12.9. The minimum atomic E-state index is -0.665. The summed E-state index contributed by atoms with van der Waals surface area (Å²) in [4.78, 5) is 31.3. The summed E-state index contributed by atoms with van der Waals surface area (Å²) < 4.78 is 5.31. The molecule has 1 atom stereocenters. The van der Waals surface area contributed by atoms with Crippen molar-refractivity contribution in [2.75, 3.05) is 7.11 Å². The number of benzene rings is 1. The minimum Gasteiger partial charge on any atom is -0.503 e. The third-order valence-electron chi connectivity index (χ3n) is 4.71. The molecule has 3 rings (SSSR count). The van der Waals surface area contributed by atoms with Crippen molar-refractivity contribution < 1.29 is 19.4 Å². The number of methoxy groups -OCH3 is 1. The van der Waals surface area contributed by atoms with E-state index in [0.29, 0.717) is 5.75 Å². The van der Waals surface area contributed by atoms with Gasteiger partial charge in [0.25, 0.3) is 5.91 Å². The van der Waals surface area contributed by atoms with Gasteiger partial charge in [0.1, 0.15) is 5.75 Å². The van der Waals surface area contributed by atoms with Crippen LogP contribution in [0.15, 0.2) is 60.1 Å². The average Bonchev–Trinajstić information content (AvgIpc) is 2.93. The molecule has 146 valence electrons. The standard InChI is InChI=1S/C22H24N2O4/c1-14(2)11-18(25)19-20(16-5-4-6-17(12-16)28-3)24(22(27)21(19)26)13-15-7-9-23-10-8-15/h4-10,12,14,20,26H,11,13H2,1-3H3. The molecule has 0 aliphatic carbocycles. The lowest BCUT2D eigenvalue weighted by Crippen LogP contribution is -2.30. The lowest BCUT2D eigenvalue weighted by atomic mass is 9.92. The smallest absolute Gasteiger partial charge is 0.290 e. The van der Waals surface area contributed by atoms with Crippen LogP contribution in [-0.4, -0.2) is 33.8 Å². The summed E-state index contributed by atoms with van der Waals surface area (Å²) in [5, 5.41) is 10.6. The molecule has 6 nitrogen and oxygen atoms in total. The summed E-state index contributed by atoms with van der Waals surface area (Å²) in [6.45, 7) is 4.12. The molecule has 6 heteroatoms. The molecule has 1 aliphatic rings. The molecule has 1 aromatic carbocycles. The number of ketones is 1. The molecule has 1 N–H and O–H groups in total. The molecule has 0 bridgehead atoms. The number of hydrogen-bond acceptors (Lipinski definition) is 5. The third-order valence-corrected chi connectivity index (χ3v) is 4.71. The number of Topliss-reactive ketones (excluding diaryl/α,β-unsaturated/α-hetero) is 1. The molecule has 0 saturated carbocycles. The van der Waals surface area contributed by atoms with Crippen LogP contribution in [0.1, 0.15) is 37.4 Å². The Morgan fingerprint density at radius 2 is 1.96 bits per heavy atom. The van der Waals surface area contributed by atoms with Gasteiger partial charge in [-0.3, -0.25) is 14.6 Å². The van der Waals surface area contributed by atoms with Crippen molar-refractivity contribution in [3.05, 3.63) is 71.3 Å². The predicted octanol–water partition coefficient (Wildman–Crippen LogP) is 3.60. The summed E-state index contributed by atoms with van der Waals surface area (Å²) >= 11 is 0. The Hall–Kier alpha value is -3.15. The fourth-order valence-corrected chi connectivity index (χ4v) is 3.43. The van der Waals surface area contributed by atoms with E-state index in [-0.39, 0.29) is 30.2 Å². The van der Waals surface area contributed by atoms with Crippen LogP contribution in [0.5, 0.6) is 5.75 Å². The molecule has 1 unspecified atom stereocenters. The van der Waals surface area contributed by atoms with Gasteiger partial charge in [-0.25, -0.2) is 0 Å². The zero-order valence-electron chi connectivity index (χ0n) is 16.3. The Labute approximate surface area is 164 Å². The molecule has 1 aromatic heterocycles. The van der Waals surface area contributed by atoms with Gasteiger partial charge in [0, 0.05) is 25.4 Å². The SMILES string of the molecule is COc1cccc(C2C(C(=O)CC(C)C)=C(O)C(=O)N2Cc2ccncc2)c1. The zero-order valence-corrected chi connectivity index (χ0v) is 16.3. The number of aromatic nitrogens is 1. The highest BCUT2D eigenvalue weighted by Crippen LogP contribution is 2.40. The van der Waals surface area contributed by atoms with Crippen molar-refractivity contribution >= 4 is 11.7 Å². The van der Waals surface area contributed by atoms with Crippen LogP contribution in [0.2, 0.25) is 0 Å². The van der Waals surface area contributed by atoms with Crippen molar-refractivity contribution in [1.29, 1.82) is 0 Å². The van der Waals surface area contributed by atoms with Gasteiger partial charge in [-0.2, -0.15) is 0 Å². The van der Waals surface area contributed by atoms with Gasteiger partial charge >= 0.3 is 0 Å². The lowest BCUT2D eigenvalue weighted by molar-refractivity contribution is -0.130. The molecule has 2 aromatic rings. The fraction of sp³-hybridized carbons (Fsp3) is 0.318. The van der Waals surface area contributed by atoms with Crippen LogP contribution in [0.4, 0.5) is 0 Å². The first-order valence-corrected chi connectivity index (χ1v) is 9.22. The highest BCUT2D eigenvalue weighted by atomic mass is 16.5. The number of carbonyl (C=O) groups is 2. The molecular weight excluding hydrogens is 356 g/mol. The number of rotatable bonds is 7. The van der Waals surface area contributed by atoms with Crippen molar-refractivity contribution in [2.45, 2.75) is 32.9 Å². The van der Waals surface area contributed by atoms with Crippen LogP contribution in [0.3, 0.4) is 0 Å². The van der Waals surface area contributed by atoms with E-state index < -0.39 is 17.7 Å². The van der Waals surface area contributed by atoms with Crippen LogP contribution in [0, 0.1) is 5.92 Å². The van der Waals surface area contributed by atoms with E-state index in [4.69, 9.17) is 4.74 Å². The van der Waals surface area contributed by atoms with E-state index in [0.717, 1.165) is 11.1 Å². The molecule has 2 heterocycles. The molecule has 0 saturated heterocycles. The van der Waals surface area contributed by atoms with E-state index in [1.54, 1.807) is 43.8 Å². The summed E-state index contributed by atoms with van der Waals surface area (Å²) in [7, 11) is 1.56. The van der Waals surface area contributed by atoms with Gasteiger partial charge in [0.2, 0.25) is 0 Å². The highest BCUT2D eigenvalue weighted by Gasteiger charge is 2.43. The number of aliphatic hydroxyl groups is 1. The van der Waals surface area contributed by atoms with E-state index in [1.165, 1.54) is 4.90 Å². The quantitative estimate of drug-likeness (QED) is 0.794. The topological polar surface area (TPSA) is 79.7 Å². The Balaban J connectivity index is 2.06. The molecule has 0 fully saturated rings. The number of pyridine rings is 1. The van der Waals surface area contributed by atoms with Gasteiger partial charge in [0.05, 0.1) is 18.7 Å². The maximum absolute atomic E-state index is 12.9. The number of aliphatic hydroxyl groups excluding tert-OH is 1. The van der Waals surface area contributed by atoms with E-state index >= 15 is 0 Å². The minimum absolute atomic E-state index is 0.114. The Morgan fingerprint density at radius 3 is 2.61 bits per heavy atom. The largest absolute Gasteiger partial charge is 0.503 e. The zero-order chi connectivity index (χ0) is 20.3. The number of hydrogen-bond donors (Lipinski definition) is 1. The van der Waals surface area contributed by atoms with E-state index in [2.05, 4.69) is 4.98 Å². The highest BCUT2D eigenvalue weighted by molar-refractivity contribution is 6.09. The Kier molecular flexibility index (Phi) is 5.78. The van der Waals surface area contributed by atoms with Gasteiger partial charge in [-0.1, -0.05) is 26.0 Å². The number of amides is 1. The molecular formula is C22H24N2O4. The van der Waals surface area contributed by atoms with Gasteiger partial charge in [-0.05, 0) is 41.3 Å². The molecule has 0 radical (unpaired) electrons. The first-order valence-electron chi connectivity index (χ1n) is 9.22. The van der Waals surface area contributed by atoms with Crippen LogP contribution in [-0.2, 0) is 16.1 Å². The summed E-state index contributed by atoms with van der Waals surface area (Å²) in [6, 6.07) is 10.2. The molecule has 28 heavy (non-hydrogen) atoms. The monoisotopic (exact) mass is 380 g/mol. The van der Waals surface area contributed by atoms with Crippen LogP contribution >= 0.6 is 0 Å². The van der Waals surface area contributed by atoms with Crippen molar-refractivity contribution in [3.63, 3.8) is 0 Å². The van der Waals surface area contributed by atoms with Gasteiger partial charge in [0.15, 0.2) is 11.5 Å². The van der Waals surface area contributed by atoms with Gasteiger partial charge < -0.3 is 14.7 Å². The van der Waals surface area contributed by atoms with E-state index in [9.17, 15) is 14.7 Å². The number of nitrogens with zero attached hydrogens (tertiary/aromatic N) is 2. The number of ether oxygens (including phenoxy) is 1. The third kappa shape index (κ3) is 3.91. The first-order chi connectivity index (χ1) is 13.4. The van der Waals surface area contributed by atoms with Crippen molar-refractivity contribution in [3.8, 4) is 5.75 Å².